The van der Waals surface area contributed by atoms with Gasteiger partial charge in [-0.15, -0.1) is 0 Å². The summed E-state index contributed by atoms with van der Waals surface area (Å²) in [4.78, 5) is 0. The van der Waals surface area contributed by atoms with E-state index in [9.17, 15) is 0 Å². The van der Waals surface area contributed by atoms with E-state index in [-0.39, 0.29) is 6.04 Å². The van der Waals surface area contributed by atoms with E-state index < -0.39 is 0 Å². The van der Waals surface area contributed by atoms with Crippen molar-refractivity contribution in [3.63, 3.8) is 0 Å². The van der Waals surface area contributed by atoms with Gasteiger partial charge in [-0.2, -0.15) is 5.10 Å². The minimum atomic E-state index is 0.0591. The van der Waals surface area contributed by atoms with Crippen LogP contribution < -0.4 is 5.73 Å². The highest BCUT2D eigenvalue weighted by Crippen LogP contribution is 2.07. The molecule has 0 aromatic carbocycles. The SMILES string of the molecule is C=C(C)Cn1cc([C@H](C)N)cn1. The molecule has 1 atom stereocenters. The van der Waals surface area contributed by atoms with Crippen molar-refractivity contribution >= 4 is 0 Å². The van der Waals surface area contributed by atoms with Gasteiger partial charge < -0.3 is 5.73 Å². The molecule has 2 N–H and O–H groups in total. The summed E-state index contributed by atoms with van der Waals surface area (Å²) in [5.74, 6) is 0. The molecule has 0 spiro atoms. The molecular weight excluding hydrogens is 150 g/mol. The fraction of sp³-hybridized carbons (Fsp3) is 0.444. The topological polar surface area (TPSA) is 43.8 Å². The van der Waals surface area contributed by atoms with E-state index in [1.807, 2.05) is 24.7 Å². The Balaban J connectivity index is 2.70. The summed E-state index contributed by atoms with van der Waals surface area (Å²) in [6, 6.07) is 0.0591. The molecule has 0 unspecified atom stereocenters. The first kappa shape index (κ1) is 9.00. The van der Waals surface area contributed by atoms with Gasteiger partial charge in [-0.3, -0.25) is 4.68 Å². The Kier molecular flexibility index (Phi) is 2.65. The minimum absolute atomic E-state index is 0.0591. The van der Waals surface area contributed by atoms with Gasteiger partial charge in [0.1, 0.15) is 0 Å². The zero-order valence-electron chi connectivity index (χ0n) is 7.62. The van der Waals surface area contributed by atoms with Gasteiger partial charge in [-0.1, -0.05) is 12.2 Å². The molecule has 1 aromatic heterocycles. The second-order valence-electron chi connectivity index (χ2n) is 3.22. The average molecular weight is 165 g/mol. The molecule has 12 heavy (non-hydrogen) atoms. The summed E-state index contributed by atoms with van der Waals surface area (Å²) in [7, 11) is 0. The highest BCUT2D eigenvalue weighted by molar-refractivity contribution is 5.09. The second-order valence-corrected chi connectivity index (χ2v) is 3.22. The van der Waals surface area contributed by atoms with Crippen molar-refractivity contribution in [3.05, 3.63) is 30.1 Å². The maximum absolute atomic E-state index is 5.68. The van der Waals surface area contributed by atoms with E-state index in [2.05, 4.69) is 11.7 Å². The van der Waals surface area contributed by atoms with E-state index in [0.29, 0.717) is 0 Å². The van der Waals surface area contributed by atoms with Gasteiger partial charge in [0.15, 0.2) is 0 Å². The normalized spacial score (nSPS) is 12.9. The Bertz CT molecular complexity index is 273. The van der Waals surface area contributed by atoms with Crippen LogP contribution in [0.2, 0.25) is 0 Å². The Morgan fingerprint density at radius 3 is 2.92 bits per heavy atom. The Morgan fingerprint density at radius 1 is 1.83 bits per heavy atom. The van der Waals surface area contributed by atoms with E-state index in [4.69, 9.17) is 5.73 Å². The number of hydrogen-bond donors (Lipinski definition) is 1. The third kappa shape index (κ3) is 2.20. The van der Waals surface area contributed by atoms with Crippen LogP contribution in [0.5, 0.6) is 0 Å². The fourth-order valence-electron chi connectivity index (χ4n) is 0.978. The average Bonchev–Trinajstić information content (AvgIpc) is 2.34. The lowest BCUT2D eigenvalue weighted by Crippen LogP contribution is -2.03. The minimum Gasteiger partial charge on any atom is -0.324 e. The first-order chi connectivity index (χ1) is 5.59. The molecule has 1 aromatic rings. The highest BCUT2D eigenvalue weighted by atomic mass is 15.3. The van der Waals surface area contributed by atoms with Crippen LogP contribution in [-0.2, 0) is 6.54 Å². The second kappa shape index (κ2) is 3.54. The van der Waals surface area contributed by atoms with E-state index in [1.54, 1.807) is 6.20 Å². The van der Waals surface area contributed by atoms with Crippen LogP contribution >= 0.6 is 0 Å². The summed E-state index contributed by atoms with van der Waals surface area (Å²) in [5.41, 5.74) is 7.84. The number of nitrogens with zero attached hydrogens (tertiary/aromatic N) is 2. The van der Waals surface area contributed by atoms with Crippen LogP contribution in [0.1, 0.15) is 25.5 Å². The van der Waals surface area contributed by atoms with Crippen molar-refractivity contribution in [3.8, 4) is 0 Å². The molecule has 0 aliphatic heterocycles. The van der Waals surface area contributed by atoms with Gasteiger partial charge in [0.05, 0.1) is 12.7 Å². The van der Waals surface area contributed by atoms with Crippen LogP contribution in [-0.4, -0.2) is 9.78 Å². The van der Waals surface area contributed by atoms with Gasteiger partial charge in [0, 0.05) is 17.8 Å². The van der Waals surface area contributed by atoms with Crippen LogP contribution in [0, 0.1) is 0 Å². The molecule has 0 aliphatic rings. The lowest BCUT2D eigenvalue weighted by molar-refractivity contribution is 0.676. The number of allylic oxidation sites excluding steroid dienone is 1. The molecule has 0 amide bonds. The maximum Gasteiger partial charge on any atom is 0.0614 e. The van der Waals surface area contributed by atoms with Gasteiger partial charge in [-0.05, 0) is 13.8 Å². The monoisotopic (exact) mass is 165 g/mol. The van der Waals surface area contributed by atoms with Crippen molar-refractivity contribution < 1.29 is 0 Å². The first-order valence-corrected chi connectivity index (χ1v) is 4.02. The molecule has 0 saturated heterocycles. The lowest BCUT2D eigenvalue weighted by atomic mass is 10.2. The fourth-order valence-corrected chi connectivity index (χ4v) is 0.978. The van der Waals surface area contributed by atoms with Crippen LogP contribution in [0.4, 0.5) is 0 Å². The molecule has 0 radical (unpaired) electrons. The molecule has 1 heterocycles. The third-order valence-corrected chi connectivity index (χ3v) is 1.61. The zero-order valence-corrected chi connectivity index (χ0v) is 7.62. The summed E-state index contributed by atoms with van der Waals surface area (Å²) >= 11 is 0. The number of aromatic nitrogens is 2. The molecular formula is C9H15N3. The van der Waals surface area contributed by atoms with E-state index >= 15 is 0 Å². The third-order valence-electron chi connectivity index (χ3n) is 1.61. The van der Waals surface area contributed by atoms with Gasteiger partial charge in [0.2, 0.25) is 0 Å². The van der Waals surface area contributed by atoms with Crippen molar-refractivity contribution in [1.29, 1.82) is 0 Å². The number of hydrogen-bond acceptors (Lipinski definition) is 2. The summed E-state index contributed by atoms with van der Waals surface area (Å²) in [5, 5.41) is 4.15. The maximum atomic E-state index is 5.68. The van der Waals surface area contributed by atoms with Crippen LogP contribution in [0.15, 0.2) is 24.5 Å². The standard InChI is InChI=1S/C9H15N3/c1-7(2)5-12-6-9(4-11-12)8(3)10/h4,6,8H,1,5,10H2,2-3H3/t8-/m0/s1. The number of rotatable bonds is 3. The van der Waals surface area contributed by atoms with Crippen molar-refractivity contribution in [2.24, 2.45) is 5.73 Å². The van der Waals surface area contributed by atoms with E-state index in [0.717, 1.165) is 17.7 Å². The first-order valence-electron chi connectivity index (χ1n) is 4.02. The predicted octanol–water partition coefficient (Wildman–Crippen LogP) is 1.48. The van der Waals surface area contributed by atoms with Crippen molar-refractivity contribution in [2.45, 2.75) is 26.4 Å². The van der Waals surface area contributed by atoms with Crippen molar-refractivity contribution in [2.75, 3.05) is 0 Å². The van der Waals surface area contributed by atoms with Crippen molar-refractivity contribution in [1.82, 2.24) is 9.78 Å². The Labute approximate surface area is 72.9 Å². The molecule has 3 nitrogen and oxygen atoms in total. The molecule has 0 saturated carbocycles. The molecule has 66 valence electrons. The smallest absolute Gasteiger partial charge is 0.0614 e. The molecule has 0 fully saturated rings. The van der Waals surface area contributed by atoms with Crippen LogP contribution in [0.25, 0.3) is 0 Å². The highest BCUT2D eigenvalue weighted by Gasteiger charge is 2.01. The lowest BCUT2D eigenvalue weighted by Gasteiger charge is -2.00. The van der Waals surface area contributed by atoms with Crippen LogP contribution in [0.3, 0.4) is 0 Å². The molecule has 3 heteroatoms. The summed E-state index contributed by atoms with van der Waals surface area (Å²) in [6.07, 6.45) is 3.76. The zero-order chi connectivity index (χ0) is 9.14. The van der Waals surface area contributed by atoms with Gasteiger partial charge in [-0.25, -0.2) is 0 Å². The number of nitrogens with two attached hydrogens (primary N) is 1. The predicted molar refractivity (Wildman–Crippen MR) is 49.6 cm³/mol. The molecule has 0 aliphatic carbocycles. The van der Waals surface area contributed by atoms with Gasteiger partial charge in [0.25, 0.3) is 0 Å². The quantitative estimate of drug-likeness (QED) is 0.689. The summed E-state index contributed by atoms with van der Waals surface area (Å²) < 4.78 is 1.85. The van der Waals surface area contributed by atoms with E-state index in [1.165, 1.54) is 0 Å². The summed E-state index contributed by atoms with van der Waals surface area (Å²) in [6.45, 7) is 8.51. The Morgan fingerprint density at radius 2 is 2.50 bits per heavy atom. The molecule has 0 bridgehead atoms. The largest absolute Gasteiger partial charge is 0.324 e. The Hall–Kier alpha value is -1.09. The van der Waals surface area contributed by atoms with Gasteiger partial charge >= 0.3 is 0 Å². The molecule has 1 rings (SSSR count).